The van der Waals surface area contributed by atoms with Crippen LogP contribution >= 0.6 is 11.5 Å². The third kappa shape index (κ3) is 2.41. The summed E-state index contributed by atoms with van der Waals surface area (Å²) in [4.78, 5) is 4.27. The molecule has 1 aromatic carbocycles. The molecule has 1 aliphatic rings. The maximum absolute atomic E-state index is 5.52. The minimum absolute atomic E-state index is 0.270. The summed E-state index contributed by atoms with van der Waals surface area (Å²) in [5.41, 5.74) is 5.03. The smallest absolute Gasteiger partial charge is 0.231 e. The summed E-state index contributed by atoms with van der Waals surface area (Å²) in [5.74, 6) is 2.18. The van der Waals surface area contributed by atoms with E-state index in [0.717, 1.165) is 39.4 Å². The van der Waals surface area contributed by atoms with E-state index in [9.17, 15) is 0 Å². The van der Waals surface area contributed by atoms with Crippen molar-refractivity contribution in [2.75, 3.05) is 13.9 Å². The van der Waals surface area contributed by atoms with Crippen molar-refractivity contribution in [1.82, 2.24) is 9.36 Å². The Morgan fingerprint density at radius 2 is 2.09 bits per heavy atom. The van der Waals surface area contributed by atoms with Crippen molar-refractivity contribution in [3.05, 3.63) is 41.4 Å². The molecule has 0 bridgehead atoms. The van der Waals surface area contributed by atoms with E-state index in [0.29, 0.717) is 5.88 Å². The Morgan fingerprint density at radius 1 is 1.17 bits per heavy atom. The van der Waals surface area contributed by atoms with Crippen LogP contribution in [-0.2, 0) is 0 Å². The third-order valence-corrected chi connectivity index (χ3v) is 4.39. The molecule has 0 aliphatic carbocycles. The van der Waals surface area contributed by atoms with E-state index < -0.39 is 0 Å². The molecule has 0 saturated carbocycles. The molecule has 0 spiro atoms. The first-order chi connectivity index (χ1) is 11.3. The van der Waals surface area contributed by atoms with Gasteiger partial charge < -0.3 is 14.2 Å². The Balaban J connectivity index is 1.79. The number of benzene rings is 1. The summed E-state index contributed by atoms with van der Waals surface area (Å²) in [6, 6.07) is 7.88. The molecule has 0 radical (unpaired) electrons. The number of hydrogen-bond acceptors (Lipinski definition) is 6. The normalized spacial score (nSPS) is 12.4. The van der Waals surface area contributed by atoms with E-state index in [1.165, 1.54) is 11.5 Å². The molecule has 116 valence electrons. The summed E-state index contributed by atoms with van der Waals surface area (Å²) in [6.07, 6.45) is 1.80. The fourth-order valence-corrected chi connectivity index (χ4v) is 3.35. The topological polar surface area (TPSA) is 53.5 Å². The zero-order valence-electron chi connectivity index (χ0n) is 12.7. The molecule has 0 fully saturated rings. The number of pyridine rings is 1. The second-order valence-electron chi connectivity index (χ2n) is 5.19. The Morgan fingerprint density at radius 3 is 2.87 bits per heavy atom. The summed E-state index contributed by atoms with van der Waals surface area (Å²) >= 11 is 1.42. The first-order valence-electron chi connectivity index (χ1n) is 7.11. The van der Waals surface area contributed by atoms with Crippen molar-refractivity contribution in [1.29, 1.82) is 0 Å². The van der Waals surface area contributed by atoms with Crippen LogP contribution < -0.4 is 14.2 Å². The van der Waals surface area contributed by atoms with Crippen LogP contribution in [0.25, 0.3) is 22.4 Å². The molecule has 0 unspecified atom stereocenters. The van der Waals surface area contributed by atoms with Crippen molar-refractivity contribution in [3.8, 4) is 39.8 Å². The fraction of sp³-hybridized carbons (Fsp3) is 0.176. The van der Waals surface area contributed by atoms with Gasteiger partial charge in [0.2, 0.25) is 12.7 Å². The van der Waals surface area contributed by atoms with Crippen LogP contribution in [0.5, 0.6) is 17.4 Å². The molecule has 0 N–H and O–H groups in total. The van der Waals surface area contributed by atoms with E-state index in [1.807, 2.05) is 30.5 Å². The van der Waals surface area contributed by atoms with E-state index in [4.69, 9.17) is 14.2 Å². The van der Waals surface area contributed by atoms with Gasteiger partial charge in [0.1, 0.15) is 0 Å². The summed E-state index contributed by atoms with van der Waals surface area (Å²) < 4.78 is 20.7. The molecule has 6 heteroatoms. The quantitative estimate of drug-likeness (QED) is 0.730. The number of aryl methyl sites for hydroxylation is 1. The molecule has 3 heterocycles. The molecule has 5 nitrogen and oxygen atoms in total. The number of aromatic nitrogens is 2. The van der Waals surface area contributed by atoms with Gasteiger partial charge in [-0.15, -0.1) is 0 Å². The first kappa shape index (κ1) is 14.0. The number of nitrogens with zero attached hydrogens (tertiary/aromatic N) is 2. The average molecular weight is 326 g/mol. The van der Waals surface area contributed by atoms with Crippen molar-refractivity contribution in [3.63, 3.8) is 0 Å². The standard InChI is InChI=1S/C17H14N2O3S/c1-10-5-12(6-14-17(10)22-9-21-14)16-13(8-23-19-16)11-3-4-15(20-2)18-7-11/h3-8H,9H2,1-2H3. The van der Waals surface area contributed by atoms with E-state index in [-0.39, 0.29) is 6.79 Å². The molecule has 4 rings (SSSR count). The molecule has 0 amide bonds. The summed E-state index contributed by atoms with van der Waals surface area (Å²) in [7, 11) is 1.61. The Labute approximate surface area is 137 Å². The number of methoxy groups -OCH3 is 1. The molecular weight excluding hydrogens is 312 g/mol. The van der Waals surface area contributed by atoms with Crippen LogP contribution in [0.3, 0.4) is 0 Å². The maximum Gasteiger partial charge on any atom is 0.231 e. The monoisotopic (exact) mass is 326 g/mol. The lowest BCUT2D eigenvalue weighted by atomic mass is 10.0. The fourth-order valence-electron chi connectivity index (χ4n) is 2.63. The largest absolute Gasteiger partial charge is 0.481 e. The highest BCUT2D eigenvalue weighted by atomic mass is 32.1. The number of fused-ring (bicyclic) bond motifs is 1. The molecule has 23 heavy (non-hydrogen) atoms. The van der Waals surface area contributed by atoms with Crippen molar-refractivity contribution >= 4 is 11.5 Å². The van der Waals surface area contributed by atoms with E-state index >= 15 is 0 Å². The van der Waals surface area contributed by atoms with Gasteiger partial charge in [-0.2, -0.15) is 4.37 Å². The van der Waals surface area contributed by atoms with Gasteiger partial charge in [-0.1, -0.05) is 0 Å². The second-order valence-corrected chi connectivity index (χ2v) is 5.82. The van der Waals surface area contributed by atoms with Gasteiger partial charge in [0.05, 0.1) is 12.8 Å². The SMILES string of the molecule is COc1ccc(-c2csnc2-c2cc(C)c3c(c2)OCO3)cn1. The van der Waals surface area contributed by atoms with Crippen molar-refractivity contribution in [2.45, 2.75) is 6.92 Å². The Bertz CT molecular complexity index is 859. The lowest BCUT2D eigenvalue weighted by Crippen LogP contribution is -1.93. The van der Waals surface area contributed by atoms with Crippen LogP contribution in [0.15, 0.2) is 35.8 Å². The number of hydrogen-bond donors (Lipinski definition) is 0. The van der Waals surface area contributed by atoms with E-state index in [1.54, 1.807) is 13.3 Å². The van der Waals surface area contributed by atoms with Gasteiger partial charge in [0.25, 0.3) is 0 Å². The zero-order chi connectivity index (χ0) is 15.8. The van der Waals surface area contributed by atoms with Crippen molar-refractivity contribution < 1.29 is 14.2 Å². The van der Waals surface area contributed by atoms with E-state index in [2.05, 4.69) is 15.4 Å². The maximum atomic E-state index is 5.52. The van der Waals surface area contributed by atoms with Gasteiger partial charge in [-0.05, 0) is 42.2 Å². The van der Waals surface area contributed by atoms with Crippen LogP contribution in [0.1, 0.15) is 5.56 Å². The summed E-state index contributed by atoms with van der Waals surface area (Å²) in [6.45, 7) is 2.28. The third-order valence-electron chi connectivity index (χ3n) is 3.76. The molecule has 2 aromatic heterocycles. The summed E-state index contributed by atoms with van der Waals surface area (Å²) in [5, 5.41) is 2.03. The highest BCUT2D eigenvalue weighted by Gasteiger charge is 2.20. The van der Waals surface area contributed by atoms with Crippen LogP contribution in [0, 0.1) is 6.92 Å². The van der Waals surface area contributed by atoms with Gasteiger partial charge in [-0.3, -0.25) is 0 Å². The van der Waals surface area contributed by atoms with Gasteiger partial charge in [-0.25, -0.2) is 4.98 Å². The van der Waals surface area contributed by atoms with Crippen LogP contribution in [0.4, 0.5) is 0 Å². The Kier molecular flexibility index (Phi) is 3.38. The minimum Gasteiger partial charge on any atom is -0.481 e. The van der Waals surface area contributed by atoms with Crippen LogP contribution in [0.2, 0.25) is 0 Å². The van der Waals surface area contributed by atoms with Crippen molar-refractivity contribution in [2.24, 2.45) is 0 Å². The predicted molar refractivity (Wildman–Crippen MR) is 88.2 cm³/mol. The van der Waals surface area contributed by atoms with Crippen LogP contribution in [-0.4, -0.2) is 23.3 Å². The lowest BCUT2D eigenvalue weighted by Gasteiger charge is -2.07. The lowest BCUT2D eigenvalue weighted by molar-refractivity contribution is 0.173. The second kappa shape index (κ2) is 5.55. The zero-order valence-corrected chi connectivity index (χ0v) is 13.5. The van der Waals surface area contributed by atoms with Gasteiger partial charge in [0.15, 0.2) is 11.5 Å². The molecular formula is C17H14N2O3S. The molecule has 0 atom stereocenters. The highest BCUT2D eigenvalue weighted by molar-refractivity contribution is 7.04. The number of rotatable bonds is 3. The van der Waals surface area contributed by atoms with Gasteiger partial charge in [0, 0.05) is 34.3 Å². The predicted octanol–water partition coefficient (Wildman–Crippen LogP) is 3.92. The molecule has 0 saturated heterocycles. The first-order valence-corrected chi connectivity index (χ1v) is 7.95. The Hall–Kier alpha value is -2.60. The van der Waals surface area contributed by atoms with Gasteiger partial charge >= 0.3 is 0 Å². The average Bonchev–Trinajstić information content (AvgIpc) is 3.24. The molecule has 3 aromatic rings. The number of ether oxygens (including phenoxy) is 3. The molecule has 1 aliphatic heterocycles. The minimum atomic E-state index is 0.270. The highest BCUT2D eigenvalue weighted by Crippen LogP contribution is 2.41.